The van der Waals surface area contributed by atoms with Crippen LogP contribution in [0.4, 0.5) is 0 Å². The van der Waals surface area contributed by atoms with Gasteiger partial charge in [-0.3, -0.25) is 9.69 Å². The number of likely N-dealkylation sites (tertiary alicyclic amines) is 1. The van der Waals surface area contributed by atoms with Crippen molar-refractivity contribution in [1.82, 2.24) is 4.90 Å². The number of rotatable bonds is 4. The molecule has 1 aliphatic heterocycles. The van der Waals surface area contributed by atoms with Crippen molar-refractivity contribution < 1.29 is 4.79 Å². The zero-order valence-electron chi connectivity index (χ0n) is 9.80. The molecule has 1 saturated heterocycles. The van der Waals surface area contributed by atoms with Gasteiger partial charge in [-0.15, -0.1) is 0 Å². The molecule has 0 radical (unpaired) electrons. The standard InChI is InChI=1S/C14H16N2O/c15-10-13(12-6-2-1-3-7-12)14(17)11-16-8-4-5-9-16/h1-3,6-7,13H,4-5,8-9,11H2. The van der Waals surface area contributed by atoms with Crippen molar-refractivity contribution >= 4 is 5.78 Å². The van der Waals surface area contributed by atoms with Crippen LogP contribution in [0.1, 0.15) is 24.3 Å². The van der Waals surface area contributed by atoms with Crippen molar-refractivity contribution in [2.75, 3.05) is 19.6 Å². The first-order valence-electron chi connectivity index (χ1n) is 6.01. The van der Waals surface area contributed by atoms with Crippen LogP contribution >= 0.6 is 0 Å². The third kappa shape index (κ3) is 2.92. The maximum atomic E-state index is 12.1. The van der Waals surface area contributed by atoms with Crippen LogP contribution in [-0.2, 0) is 4.79 Å². The summed E-state index contributed by atoms with van der Waals surface area (Å²) in [5.74, 6) is -0.600. The van der Waals surface area contributed by atoms with E-state index in [2.05, 4.69) is 11.0 Å². The molecule has 1 atom stereocenters. The molecule has 1 fully saturated rings. The van der Waals surface area contributed by atoms with Crippen molar-refractivity contribution in [3.05, 3.63) is 35.9 Å². The third-order valence-electron chi connectivity index (χ3n) is 3.16. The Kier molecular flexibility index (Phi) is 3.89. The monoisotopic (exact) mass is 228 g/mol. The van der Waals surface area contributed by atoms with Crippen molar-refractivity contribution in [3.63, 3.8) is 0 Å². The summed E-state index contributed by atoms with van der Waals surface area (Å²) < 4.78 is 0. The second-order valence-electron chi connectivity index (χ2n) is 4.42. The number of benzene rings is 1. The predicted octanol–water partition coefficient (Wildman–Crippen LogP) is 1.96. The first-order valence-corrected chi connectivity index (χ1v) is 6.01. The van der Waals surface area contributed by atoms with E-state index in [1.54, 1.807) is 0 Å². The molecule has 0 aliphatic carbocycles. The molecule has 3 heteroatoms. The molecule has 0 saturated carbocycles. The van der Waals surface area contributed by atoms with Gasteiger partial charge in [-0.05, 0) is 31.5 Å². The van der Waals surface area contributed by atoms with E-state index in [4.69, 9.17) is 5.26 Å². The summed E-state index contributed by atoms with van der Waals surface area (Å²) in [6.07, 6.45) is 2.33. The molecule has 0 bridgehead atoms. The summed E-state index contributed by atoms with van der Waals surface area (Å²) in [7, 11) is 0. The molecule has 17 heavy (non-hydrogen) atoms. The van der Waals surface area contributed by atoms with Gasteiger partial charge in [0.05, 0.1) is 12.6 Å². The number of Topliss-reactive ketones (excluding diaryl/α,β-unsaturated/α-hetero) is 1. The van der Waals surface area contributed by atoms with Crippen LogP contribution in [0.2, 0.25) is 0 Å². The SMILES string of the molecule is N#CC(C(=O)CN1CCCC1)c1ccccc1. The van der Waals surface area contributed by atoms with E-state index in [1.807, 2.05) is 30.3 Å². The number of hydrogen-bond donors (Lipinski definition) is 0. The van der Waals surface area contributed by atoms with Gasteiger partial charge in [-0.25, -0.2) is 0 Å². The number of carbonyl (C=O) groups is 1. The predicted molar refractivity (Wildman–Crippen MR) is 65.5 cm³/mol. The van der Waals surface area contributed by atoms with Crippen LogP contribution in [0.3, 0.4) is 0 Å². The van der Waals surface area contributed by atoms with Crippen LogP contribution in [0, 0.1) is 11.3 Å². The van der Waals surface area contributed by atoms with Crippen LogP contribution in [0.25, 0.3) is 0 Å². The summed E-state index contributed by atoms with van der Waals surface area (Å²) in [5.41, 5.74) is 0.805. The Morgan fingerprint density at radius 1 is 1.29 bits per heavy atom. The Labute approximate surface area is 102 Å². The van der Waals surface area contributed by atoms with Crippen LogP contribution in [0.5, 0.6) is 0 Å². The number of nitriles is 1. The second kappa shape index (κ2) is 5.60. The van der Waals surface area contributed by atoms with E-state index < -0.39 is 5.92 Å². The minimum absolute atomic E-state index is 0.0144. The van der Waals surface area contributed by atoms with E-state index in [0.29, 0.717) is 6.54 Å². The number of hydrogen-bond acceptors (Lipinski definition) is 3. The zero-order chi connectivity index (χ0) is 12.1. The fraction of sp³-hybridized carbons (Fsp3) is 0.429. The van der Waals surface area contributed by atoms with Gasteiger partial charge in [0.1, 0.15) is 5.92 Å². The first-order chi connectivity index (χ1) is 8.31. The van der Waals surface area contributed by atoms with Gasteiger partial charge in [-0.1, -0.05) is 30.3 Å². The van der Waals surface area contributed by atoms with Gasteiger partial charge in [0.2, 0.25) is 0 Å². The Morgan fingerprint density at radius 3 is 2.53 bits per heavy atom. The van der Waals surface area contributed by atoms with Gasteiger partial charge in [0.15, 0.2) is 5.78 Å². The lowest BCUT2D eigenvalue weighted by atomic mass is 9.96. The molecule has 88 valence electrons. The van der Waals surface area contributed by atoms with E-state index in [1.165, 1.54) is 0 Å². The maximum absolute atomic E-state index is 12.1. The smallest absolute Gasteiger partial charge is 0.168 e. The average Bonchev–Trinajstić information content (AvgIpc) is 2.84. The molecule has 1 aromatic carbocycles. The van der Waals surface area contributed by atoms with Crippen molar-refractivity contribution in [2.24, 2.45) is 0 Å². The first kappa shape index (κ1) is 11.8. The van der Waals surface area contributed by atoms with Gasteiger partial charge >= 0.3 is 0 Å². The van der Waals surface area contributed by atoms with E-state index in [-0.39, 0.29) is 5.78 Å². The summed E-state index contributed by atoms with van der Waals surface area (Å²) in [6.45, 7) is 2.38. The Balaban J connectivity index is 2.03. The molecule has 3 nitrogen and oxygen atoms in total. The van der Waals surface area contributed by atoms with E-state index in [0.717, 1.165) is 31.5 Å². The topological polar surface area (TPSA) is 44.1 Å². The lowest BCUT2D eigenvalue weighted by Crippen LogP contribution is -2.29. The Bertz CT molecular complexity index is 416. The van der Waals surface area contributed by atoms with Crippen molar-refractivity contribution in [1.29, 1.82) is 5.26 Å². The zero-order valence-corrected chi connectivity index (χ0v) is 9.80. The third-order valence-corrected chi connectivity index (χ3v) is 3.16. The molecule has 0 amide bonds. The highest BCUT2D eigenvalue weighted by Crippen LogP contribution is 2.17. The fourth-order valence-corrected chi connectivity index (χ4v) is 2.23. The summed E-state index contributed by atoms with van der Waals surface area (Å²) in [5, 5.41) is 9.13. The Hall–Kier alpha value is -1.66. The molecule has 2 rings (SSSR count). The molecule has 0 spiro atoms. The maximum Gasteiger partial charge on any atom is 0.168 e. The lowest BCUT2D eigenvalue weighted by Gasteiger charge is -2.15. The van der Waals surface area contributed by atoms with Gasteiger partial charge < -0.3 is 0 Å². The molecule has 0 N–H and O–H groups in total. The fourth-order valence-electron chi connectivity index (χ4n) is 2.23. The van der Waals surface area contributed by atoms with Gasteiger partial charge in [0, 0.05) is 0 Å². The summed E-state index contributed by atoms with van der Waals surface area (Å²) >= 11 is 0. The molecular weight excluding hydrogens is 212 g/mol. The quantitative estimate of drug-likeness (QED) is 0.791. The van der Waals surface area contributed by atoms with Crippen LogP contribution in [0.15, 0.2) is 30.3 Å². The molecule has 1 unspecified atom stereocenters. The summed E-state index contributed by atoms with van der Waals surface area (Å²) in [4.78, 5) is 14.2. The Morgan fingerprint density at radius 2 is 1.94 bits per heavy atom. The lowest BCUT2D eigenvalue weighted by molar-refractivity contribution is -0.120. The van der Waals surface area contributed by atoms with Crippen molar-refractivity contribution in [3.8, 4) is 6.07 Å². The molecule has 1 heterocycles. The highest BCUT2D eigenvalue weighted by Gasteiger charge is 2.23. The minimum Gasteiger partial charge on any atom is -0.296 e. The summed E-state index contributed by atoms with van der Waals surface area (Å²) in [6, 6.07) is 11.4. The van der Waals surface area contributed by atoms with Crippen LogP contribution < -0.4 is 0 Å². The van der Waals surface area contributed by atoms with Crippen molar-refractivity contribution in [2.45, 2.75) is 18.8 Å². The largest absolute Gasteiger partial charge is 0.296 e. The minimum atomic E-state index is -0.614. The number of carbonyl (C=O) groups excluding carboxylic acids is 1. The van der Waals surface area contributed by atoms with Gasteiger partial charge in [0.25, 0.3) is 0 Å². The molecule has 0 aromatic heterocycles. The normalized spacial score (nSPS) is 17.6. The highest BCUT2D eigenvalue weighted by atomic mass is 16.1. The molecule has 1 aliphatic rings. The molecular formula is C14H16N2O. The second-order valence-corrected chi connectivity index (χ2v) is 4.42. The number of nitrogens with zero attached hydrogens (tertiary/aromatic N) is 2. The van der Waals surface area contributed by atoms with E-state index in [9.17, 15) is 4.79 Å². The van der Waals surface area contributed by atoms with Crippen LogP contribution in [-0.4, -0.2) is 30.3 Å². The average molecular weight is 228 g/mol. The highest BCUT2D eigenvalue weighted by molar-refractivity contribution is 5.90. The van der Waals surface area contributed by atoms with E-state index >= 15 is 0 Å². The van der Waals surface area contributed by atoms with Gasteiger partial charge in [-0.2, -0.15) is 5.26 Å². The molecule has 1 aromatic rings. The number of ketones is 1.